The van der Waals surface area contributed by atoms with Crippen molar-refractivity contribution < 1.29 is 14.0 Å². The molecule has 0 aromatic heterocycles. The minimum atomic E-state index is -0.230. The van der Waals surface area contributed by atoms with Crippen LogP contribution in [0.4, 0.5) is 4.39 Å². The standard InChI is InChI=1S/C17H24FN3O2/c1-12(22)20-14-9-15(10-19)21(11-14)17(23)8-4-6-13-5-2-3-7-16(13)18/h2-3,5,7,14-15H,4,6,8-11,19H2,1H3,(H,20,22)/t14?,15-/m0/s1. The minimum absolute atomic E-state index is 0.0182. The summed E-state index contributed by atoms with van der Waals surface area (Å²) in [6.45, 7) is 2.35. The van der Waals surface area contributed by atoms with Crippen LogP contribution in [0.5, 0.6) is 0 Å². The number of amides is 2. The van der Waals surface area contributed by atoms with Crippen LogP contribution in [0.3, 0.4) is 0 Å². The van der Waals surface area contributed by atoms with Crippen molar-refractivity contribution in [1.82, 2.24) is 10.2 Å². The maximum atomic E-state index is 13.6. The molecule has 2 rings (SSSR count). The lowest BCUT2D eigenvalue weighted by Gasteiger charge is -2.23. The fourth-order valence-corrected chi connectivity index (χ4v) is 3.11. The zero-order chi connectivity index (χ0) is 16.8. The number of nitrogens with one attached hydrogen (secondary N) is 1. The number of nitrogens with two attached hydrogens (primary N) is 1. The highest BCUT2D eigenvalue weighted by Gasteiger charge is 2.34. The molecule has 0 radical (unpaired) electrons. The molecule has 1 fully saturated rings. The highest BCUT2D eigenvalue weighted by atomic mass is 19.1. The van der Waals surface area contributed by atoms with Crippen LogP contribution in [0.15, 0.2) is 24.3 Å². The number of aryl methyl sites for hydroxylation is 1. The van der Waals surface area contributed by atoms with Gasteiger partial charge in [0, 0.05) is 38.5 Å². The Morgan fingerprint density at radius 3 is 2.78 bits per heavy atom. The van der Waals surface area contributed by atoms with Crippen molar-refractivity contribution >= 4 is 11.8 Å². The van der Waals surface area contributed by atoms with Crippen molar-refractivity contribution in [3.05, 3.63) is 35.6 Å². The molecule has 1 heterocycles. The molecule has 1 aromatic rings. The van der Waals surface area contributed by atoms with Gasteiger partial charge in [0.1, 0.15) is 5.82 Å². The molecule has 1 aliphatic rings. The smallest absolute Gasteiger partial charge is 0.222 e. The van der Waals surface area contributed by atoms with Gasteiger partial charge in [-0.2, -0.15) is 0 Å². The second-order valence-electron chi connectivity index (χ2n) is 6.01. The van der Waals surface area contributed by atoms with Crippen LogP contribution >= 0.6 is 0 Å². The molecule has 0 spiro atoms. The second kappa shape index (κ2) is 8.06. The van der Waals surface area contributed by atoms with E-state index < -0.39 is 0 Å². The maximum absolute atomic E-state index is 13.6. The van der Waals surface area contributed by atoms with Gasteiger partial charge in [-0.05, 0) is 30.9 Å². The van der Waals surface area contributed by atoms with E-state index in [2.05, 4.69) is 5.32 Å². The summed E-state index contributed by atoms with van der Waals surface area (Å²) in [5, 5.41) is 2.84. The van der Waals surface area contributed by atoms with Crippen LogP contribution in [0.25, 0.3) is 0 Å². The first-order chi connectivity index (χ1) is 11.0. The van der Waals surface area contributed by atoms with E-state index >= 15 is 0 Å². The van der Waals surface area contributed by atoms with Gasteiger partial charge in [0.15, 0.2) is 0 Å². The van der Waals surface area contributed by atoms with Crippen LogP contribution in [0, 0.1) is 5.82 Å². The topological polar surface area (TPSA) is 75.4 Å². The molecular weight excluding hydrogens is 297 g/mol. The predicted octanol–water partition coefficient (Wildman–Crippen LogP) is 1.21. The Kier molecular flexibility index (Phi) is 6.10. The number of likely N-dealkylation sites (tertiary alicyclic amines) is 1. The Bertz CT molecular complexity index is 565. The van der Waals surface area contributed by atoms with E-state index in [4.69, 9.17) is 5.73 Å². The number of hydrogen-bond acceptors (Lipinski definition) is 3. The monoisotopic (exact) mass is 321 g/mol. The van der Waals surface area contributed by atoms with Crippen LogP contribution in [0.1, 0.15) is 31.7 Å². The van der Waals surface area contributed by atoms with Gasteiger partial charge in [-0.25, -0.2) is 4.39 Å². The third-order valence-corrected chi connectivity index (χ3v) is 4.21. The highest BCUT2D eigenvalue weighted by Crippen LogP contribution is 2.19. The zero-order valence-electron chi connectivity index (χ0n) is 13.4. The van der Waals surface area contributed by atoms with Gasteiger partial charge in [0.25, 0.3) is 0 Å². The van der Waals surface area contributed by atoms with E-state index in [1.54, 1.807) is 23.1 Å². The number of halogens is 1. The maximum Gasteiger partial charge on any atom is 0.222 e. The lowest BCUT2D eigenvalue weighted by molar-refractivity contribution is -0.132. The largest absolute Gasteiger partial charge is 0.352 e. The van der Waals surface area contributed by atoms with E-state index in [-0.39, 0.29) is 29.7 Å². The van der Waals surface area contributed by atoms with Crippen molar-refractivity contribution in [3.63, 3.8) is 0 Å². The molecule has 126 valence electrons. The van der Waals surface area contributed by atoms with Gasteiger partial charge < -0.3 is 16.0 Å². The summed E-state index contributed by atoms with van der Waals surface area (Å²) >= 11 is 0. The van der Waals surface area contributed by atoms with Crippen molar-refractivity contribution in [2.75, 3.05) is 13.1 Å². The van der Waals surface area contributed by atoms with Crippen LogP contribution in [-0.4, -0.2) is 41.9 Å². The fourth-order valence-electron chi connectivity index (χ4n) is 3.11. The Morgan fingerprint density at radius 1 is 1.39 bits per heavy atom. The molecule has 23 heavy (non-hydrogen) atoms. The van der Waals surface area contributed by atoms with Gasteiger partial charge in [-0.3, -0.25) is 9.59 Å². The Morgan fingerprint density at radius 2 is 2.13 bits per heavy atom. The minimum Gasteiger partial charge on any atom is -0.352 e. The predicted molar refractivity (Wildman–Crippen MR) is 86.1 cm³/mol. The normalized spacial score (nSPS) is 20.6. The van der Waals surface area contributed by atoms with E-state index in [9.17, 15) is 14.0 Å². The molecular formula is C17H24FN3O2. The van der Waals surface area contributed by atoms with E-state index in [1.807, 2.05) is 0 Å². The van der Waals surface area contributed by atoms with Gasteiger partial charge >= 0.3 is 0 Å². The molecule has 1 saturated heterocycles. The first-order valence-electron chi connectivity index (χ1n) is 8.01. The summed E-state index contributed by atoms with van der Waals surface area (Å²) in [6.07, 6.45) is 2.18. The third kappa shape index (κ3) is 4.76. The summed E-state index contributed by atoms with van der Waals surface area (Å²) in [6, 6.07) is 6.56. The summed E-state index contributed by atoms with van der Waals surface area (Å²) < 4.78 is 13.6. The molecule has 1 aromatic carbocycles. The summed E-state index contributed by atoms with van der Waals surface area (Å²) in [4.78, 5) is 25.3. The lowest BCUT2D eigenvalue weighted by atomic mass is 10.1. The molecule has 0 saturated carbocycles. The average Bonchev–Trinajstić information content (AvgIpc) is 2.91. The first-order valence-corrected chi connectivity index (χ1v) is 8.01. The molecule has 0 aliphatic carbocycles. The average molecular weight is 321 g/mol. The quantitative estimate of drug-likeness (QED) is 0.827. The Labute approximate surface area is 136 Å². The van der Waals surface area contributed by atoms with Gasteiger partial charge in [-0.1, -0.05) is 18.2 Å². The molecule has 2 amide bonds. The molecule has 1 aliphatic heterocycles. The molecule has 5 nitrogen and oxygen atoms in total. The number of benzene rings is 1. The fraction of sp³-hybridized carbons (Fsp3) is 0.529. The van der Waals surface area contributed by atoms with Gasteiger partial charge in [-0.15, -0.1) is 0 Å². The molecule has 2 atom stereocenters. The highest BCUT2D eigenvalue weighted by molar-refractivity contribution is 5.77. The molecule has 6 heteroatoms. The number of nitrogens with zero attached hydrogens (tertiary/aromatic N) is 1. The summed E-state index contributed by atoms with van der Waals surface area (Å²) in [7, 11) is 0. The Hall–Kier alpha value is -1.95. The van der Waals surface area contributed by atoms with Gasteiger partial charge in [0.2, 0.25) is 11.8 Å². The first kappa shape index (κ1) is 17.4. The van der Waals surface area contributed by atoms with Crippen molar-refractivity contribution in [3.8, 4) is 0 Å². The number of carbonyl (C=O) groups is 2. The van der Waals surface area contributed by atoms with Crippen molar-refractivity contribution in [2.24, 2.45) is 5.73 Å². The van der Waals surface area contributed by atoms with Crippen molar-refractivity contribution in [2.45, 2.75) is 44.7 Å². The number of carbonyl (C=O) groups excluding carboxylic acids is 2. The number of hydrogen-bond donors (Lipinski definition) is 2. The van der Waals surface area contributed by atoms with E-state index in [1.165, 1.54) is 13.0 Å². The summed E-state index contributed by atoms with van der Waals surface area (Å²) in [5.74, 6) is -0.309. The van der Waals surface area contributed by atoms with Gasteiger partial charge in [0.05, 0.1) is 0 Å². The van der Waals surface area contributed by atoms with Crippen LogP contribution in [-0.2, 0) is 16.0 Å². The van der Waals surface area contributed by atoms with E-state index in [0.29, 0.717) is 44.3 Å². The molecule has 3 N–H and O–H groups in total. The summed E-state index contributed by atoms with van der Waals surface area (Å²) in [5.41, 5.74) is 6.37. The third-order valence-electron chi connectivity index (χ3n) is 4.21. The van der Waals surface area contributed by atoms with Crippen LogP contribution < -0.4 is 11.1 Å². The van der Waals surface area contributed by atoms with Crippen LogP contribution in [0.2, 0.25) is 0 Å². The lowest BCUT2D eigenvalue weighted by Crippen LogP contribution is -2.40. The zero-order valence-corrected chi connectivity index (χ0v) is 13.4. The molecule has 1 unspecified atom stereocenters. The van der Waals surface area contributed by atoms with E-state index in [0.717, 1.165) is 0 Å². The SMILES string of the molecule is CC(=O)NC1C[C@@H](CN)N(C(=O)CCCc2ccccc2F)C1. The Balaban J connectivity index is 1.84. The number of rotatable bonds is 6. The second-order valence-corrected chi connectivity index (χ2v) is 6.01. The van der Waals surface area contributed by atoms with Crippen molar-refractivity contribution in [1.29, 1.82) is 0 Å². The molecule has 0 bridgehead atoms.